The maximum atomic E-state index is 9.91. The lowest BCUT2D eigenvalue weighted by Gasteiger charge is -1.83. The molecule has 0 aliphatic heterocycles. The van der Waals surface area contributed by atoms with Gasteiger partial charge in [0.05, 0.1) is 6.42 Å². The summed E-state index contributed by atoms with van der Waals surface area (Å²) in [5.74, 6) is -0.762. The highest BCUT2D eigenvalue weighted by Gasteiger charge is 1.86. The Bertz CT molecular complexity index is 105. The Morgan fingerprint density at radius 3 is 2.67 bits per heavy atom. The van der Waals surface area contributed by atoms with Gasteiger partial charge in [0.1, 0.15) is 0 Å². The molecule has 2 nitrogen and oxygen atoms in total. The molecule has 0 unspecified atom stereocenters. The number of hydrogen-bond acceptors (Lipinski definition) is 1. The number of carboxylic acids is 1. The van der Waals surface area contributed by atoms with Crippen LogP contribution in [-0.2, 0) is 4.79 Å². The van der Waals surface area contributed by atoms with Gasteiger partial charge in [-0.25, -0.2) is 0 Å². The van der Waals surface area contributed by atoms with Crippen LogP contribution in [0.3, 0.4) is 0 Å². The summed E-state index contributed by atoms with van der Waals surface area (Å²) in [6, 6.07) is 0. The minimum atomic E-state index is -0.762. The Labute approximate surface area is 55.2 Å². The second-order valence-corrected chi connectivity index (χ2v) is 1.86. The first-order valence-electron chi connectivity index (χ1n) is 3.14. The van der Waals surface area contributed by atoms with E-state index in [-0.39, 0.29) is 6.42 Å². The summed E-state index contributed by atoms with van der Waals surface area (Å²) >= 11 is 0. The van der Waals surface area contributed by atoms with Crippen LogP contribution >= 0.6 is 0 Å². The number of carboxylic acid groups (broad SMARTS) is 1. The smallest absolute Gasteiger partial charge is 0.307 e. The summed E-state index contributed by atoms with van der Waals surface area (Å²) in [5, 5.41) is 8.16. The third kappa shape index (κ3) is 7.21. The number of allylic oxidation sites excluding steroid dienone is 1. The monoisotopic (exact) mass is 128 g/mol. The Hall–Kier alpha value is -0.790. The Kier molecular flexibility index (Phi) is 4.88. The first kappa shape index (κ1) is 8.21. The van der Waals surface area contributed by atoms with Crippen LogP contribution in [0.2, 0.25) is 0 Å². The average molecular weight is 128 g/mol. The average Bonchev–Trinajstić information content (AvgIpc) is 1.80. The van der Waals surface area contributed by atoms with Gasteiger partial charge in [-0.05, 0) is 6.42 Å². The van der Waals surface area contributed by atoms with E-state index in [2.05, 4.69) is 6.92 Å². The number of hydrogen-bond donors (Lipinski definition) is 1. The van der Waals surface area contributed by atoms with E-state index in [9.17, 15) is 4.79 Å². The lowest BCUT2D eigenvalue weighted by molar-refractivity contribution is -0.136. The van der Waals surface area contributed by atoms with E-state index in [1.807, 2.05) is 6.08 Å². The molecular formula is C7H12O2. The molecule has 0 aliphatic carbocycles. The van der Waals surface area contributed by atoms with Gasteiger partial charge in [0.2, 0.25) is 0 Å². The van der Waals surface area contributed by atoms with Crippen LogP contribution in [0.1, 0.15) is 26.2 Å². The Morgan fingerprint density at radius 2 is 2.22 bits per heavy atom. The van der Waals surface area contributed by atoms with E-state index < -0.39 is 5.97 Å². The Balaban J connectivity index is 3.14. The second-order valence-electron chi connectivity index (χ2n) is 1.86. The second kappa shape index (κ2) is 5.35. The fourth-order valence-corrected chi connectivity index (χ4v) is 0.469. The van der Waals surface area contributed by atoms with Gasteiger partial charge < -0.3 is 5.11 Å². The fourth-order valence-electron chi connectivity index (χ4n) is 0.469. The van der Waals surface area contributed by atoms with Crippen LogP contribution in [0.5, 0.6) is 0 Å². The highest BCUT2D eigenvalue weighted by Crippen LogP contribution is 1.90. The first-order chi connectivity index (χ1) is 4.27. The van der Waals surface area contributed by atoms with E-state index >= 15 is 0 Å². The minimum Gasteiger partial charge on any atom is -0.481 e. The molecule has 0 fully saturated rings. The zero-order chi connectivity index (χ0) is 7.11. The quantitative estimate of drug-likeness (QED) is 0.586. The van der Waals surface area contributed by atoms with Crippen molar-refractivity contribution < 1.29 is 9.90 Å². The van der Waals surface area contributed by atoms with E-state index in [0.717, 1.165) is 12.8 Å². The van der Waals surface area contributed by atoms with E-state index in [0.29, 0.717) is 0 Å². The summed E-state index contributed by atoms with van der Waals surface area (Å²) in [4.78, 5) is 9.91. The summed E-state index contributed by atoms with van der Waals surface area (Å²) in [6.45, 7) is 2.06. The molecule has 52 valence electrons. The molecule has 1 N–H and O–H groups in total. The van der Waals surface area contributed by atoms with Crippen LogP contribution in [0, 0.1) is 0 Å². The zero-order valence-corrected chi connectivity index (χ0v) is 5.63. The van der Waals surface area contributed by atoms with Gasteiger partial charge in [-0.1, -0.05) is 25.5 Å². The molecule has 0 radical (unpaired) electrons. The van der Waals surface area contributed by atoms with Gasteiger partial charge in [0.15, 0.2) is 0 Å². The molecule has 0 saturated carbocycles. The van der Waals surface area contributed by atoms with Gasteiger partial charge in [0.25, 0.3) is 0 Å². The van der Waals surface area contributed by atoms with E-state index in [1.54, 1.807) is 6.08 Å². The molecule has 0 rings (SSSR count). The van der Waals surface area contributed by atoms with Crippen LogP contribution in [-0.4, -0.2) is 11.1 Å². The number of unbranched alkanes of at least 4 members (excludes halogenated alkanes) is 1. The van der Waals surface area contributed by atoms with Crippen molar-refractivity contribution in [3.05, 3.63) is 12.2 Å². The number of carbonyl (C=O) groups is 1. The molecule has 0 atom stereocenters. The molecule has 0 aromatic carbocycles. The predicted molar refractivity (Wildman–Crippen MR) is 36.3 cm³/mol. The summed E-state index contributed by atoms with van der Waals surface area (Å²) < 4.78 is 0. The van der Waals surface area contributed by atoms with Gasteiger partial charge >= 0.3 is 5.97 Å². The van der Waals surface area contributed by atoms with Crippen molar-refractivity contribution in [1.29, 1.82) is 0 Å². The third-order valence-electron chi connectivity index (χ3n) is 0.914. The van der Waals surface area contributed by atoms with Gasteiger partial charge in [0, 0.05) is 0 Å². The SMILES string of the molecule is CCC/C=C\CC(=O)O. The van der Waals surface area contributed by atoms with Crippen LogP contribution in [0.15, 0.2) is 12.2 Å². The van der Waals surface area contributed by atoms with Crippen molar-refractivity contribution in [3.8, 4) is 0 Å². The molecule has 0 aromatic rings. The molecule has 2 heteroatoms. The molecule has 0 aliphatic rings. The zero-order valence-electron chi connectivity index (χ0n) is 5.63. The van der Waals surface area contributed by atoms with Gasteiger partial charge in [-0.3, -0.25) is 4.79 Å². The van der Waals surface area contributed by atoms with Crippen molar-refractivity contribution in [2.24, 2.45) is 0 Å². The van der Waals surface area contributed by atoms with Gasteiger partial charge in [-0.15, -0.1) is 0 Å². The van der Waals surface area contributed by atoms with Crippen LogP contribution < -0.4 is 0 Å². The summed E-state index contributed by atoms with van der Waals surface area (Å²) in [7, 11) is 0. The standard InChI is InChI=1S/C7H12O2/c1-2-3-4-5-6-7(8)9/h4-5H,2-3,6H2,1H3,(H,8,9)/b5-4-. The molecule has 0 aromatic heterocycles. The lowest BCUT2D eigenvalue weighted by atomic mass is 10.3. The van der Waals surface area contributed by atoms with Crippen molar-refractivity contribution in [3.63, 3.8) is 0 Å². The van der Waals surface area contributed by atoms with Crippen molar-refractivity contribution >= 4 is 5.97 Å². The van der Waals surface area contributed by atoms with Crippen LogP contribution in [0.25, 0.3) is 0 Å². The van der Waals surface area contributed by atoms with E-state index in [1.165, 1.54) is 0 Å². The van der Waals surface area contributed by atoms with Crippen molar-refractivity contribution in [2.75, 3.05) is 0 Å². The predicted octanol–water partition coefficient (Wildman–Crippen LogP) is 1.82. The highest BCUT2D eigenvalue weighted by atomic mass is 16.4. The summed E-state index contributed by atoms with van der Waals surface area (Å²) in [6.07, 6.45) is 5.79. The number of aliphatic carboxylic acids is 1. The minimum absolute atomic E-state index is 0.153. The fraction of sp³-hybridized carbons (Fsp3) is 0.571. The van der Waals surface area contributed by atoms with Crippen molar-refractivity contribution in [2.45, 2.75) is 26.2 Å². The maximum Gasteiger partial charge on any atom is 0.307 e. The molecule has 0 bridgehead atoms. The van der Waals surface area contributed by atoms with E-state index in [4.69, 9.17) is 5.11 Å². The summed E-state index contributed by atoms with van der Waals surface area (Å²) in [5.41, 5.74) is 0. The highest BCUT2D eigenvalue weighted by molar-refractivity contribution is 5.68. The molecule has 0 saturated heterocycles. The topological polar surface area (TPSA) is 37.3 Å². The third-order valence-corrected chi connectivity index (χ3v) is 0.914. The largest absolute Gasteiger partial charge is 0.481 e. The number of rotatable bonds is 4. The first-order valence-corrected chi connectivity index (χ1v) is 3.14. The van der Waals surface area contributed by atoms with Gasteiger partial charge in [-0.2, -0.15) is 0 Å². The lowest BCUT2D eigenvalue weighted by Crippen LogP contribution is -1.89. The molecule has 9 heavy (non-hydrogen) atoms. The molecule has 0 heterocycles. The Morgan fingerprint density at radius 1 is 1.56 bits per heavy atom. The normalized spacial score (nSPS) is 10.3. The molecular weight excluding hydrogens is 116 g/mol. The molecule has 0 amide bonds. The van der Waals surface area contributed by atoms with Crippen LogP contribution in [0.4, 0.5) is 0 Å². The maximum absolute atomic E-state index is 9.91. The van der Waals surface area contributed by atoms with Crippen molar-refractivity contribution in [1.82, 2.24) is 0 Å². The molecule has 0 spiro atoms.